The van der Waals surface area contributed by atoms with Crippen LogP contribution in [-0.4, -0.2) is 18.5 Å². The van der Waals surface area contributed by atoms with Crippen molar-refractivity contribution in [1.29, 1.82) is 0 Å². The van der Waals surface area contributed by atoms with Crippen molar-refractivity contribution in [2.24, 2.45) is 0 Å². The second-order valence-electron chi connectivity index (χ2n) is 5.09. The Morgan fingerprint density at radius 2 is 0.857 bits per heavy atom. The van der Waals surface area contributed by atoms with Crippen LogP contribution in [0.1, 0.15) is 0 Å². The van der Waals surface area contributed by atoms with Gasteiger partial charge in [0.1, 0.15) is 0 Å². The van der Waals surface area contributed by atoms with Crippen molar-refractivity contribution in [3.63, 3.8) is 0 Å². The standard InChI is InChI=1S/C18H15I.CHF3O3S.H2S/c1-4-10-16(11-5-1)19(17-12-6-2-7-13-17)18-14-8-3-9-15-18;2-1(3,4)8(5,6)7;/h1-15H;(H,5,6,7);1H2. The van der Waals surface area contributed by atoms with Gasteiger partial charge in [-0.05, 0) is 0 Å². The molecule has 0 fully saturated rings. The molecule has 0 aliphatic heterocycles. The number of hydrogen-bond donors (Lipinski definition) is 1. The minimum absolute atomic E-state index is 0. The monoisotopic (exact) mass is 542 g/mol. The fourth-order valence-corrected chi connectivity index (χ4v) is 7.56. The molecule has 3 aromatic rings. The van der Waals surface area contributed by atoms with Crippen LogP contribution in [0.2, 0.25) is 0 Å². The summed E-state index contributed by atoms with van der Waals surface area (Å²) in [6, 6.07) is 32.8. The van der Waals surface area contributed by atoms with E-state index in [1.54, 1.807) is 0 Å². The Morgan fingerprint density at radius 3 is 1.04 bits per heavy atom. The fourth-order valence-electron chi connectivity index (χ4n) is 2.00. The normalized spacial score (nSPS) is 11.5. The zero-order valence-electron chi connectivity index (χ0n) is 14.3. The Labute approximate surface area is 176 Å². The number of rotatable bonds is 3. The first kappa shape index (κ1) is 24.5. The molecule has 0 aliphatic rings. The maximum absolute atomic E-state index is 10.7. The van der Waals surface area contributed by atoms with Gasteiger partial charge in [-0.25, -0.2) is 0 Å². The molecule has 0 radical (unpaired) electrons. The summed E-state index contributed by atoms with van der Waals surface area (Å²) in [5.74, 6) is 0. The third-order valence-electron chi connectivity index (χ3n) is 3.15. The Morgan fingerprint density at radius 1 is 0.643 bits per heavy atom. The van der Waals surface area contributed by atoms with Crippen LogP contribution in [0.3, 0.4) is 0 Å². The second-order valence-corrected chi connectivity index (χ2v) is 11.9. The van der Waals surface area contributed by atoms with Crippen LogP contribution in [0, 0.1) is 10.7 Å². The number of benzene rings is 3. The van der Waals surface area contributed by atoms with Gasteiger partial charge in [0.05, 0.1) is 0 Å². The molecule has 0 saturated heterocycles. The van der Waals surface area contributed by atoms with Gasteiger partial charge in [-0.1, -0.05) is 0 Å². The quantitative estimate of drug-likeness (QED) is 0.266. The predicted molar refractivity (Wildman–Crippen MR) is 117 cm³/mol. The van der Waals surface area contributed by atoms with Crippen LogP contribution in [0.25, 0.3) is 0 Å². The molecule has 3 rings (SSSR count). The molecule has 0 aromatic heterocycles. The van der Waals surface area contributed by atoms with E-state index >= 15 is 0 Å². The van der Waals surface area contributed by atoms with Crippen molar-refractivity contribution in [3.8, 4) is 0 Å². The molecule has 0 saturated carbocycles. The average molecular weight is 542 g/mol. The van der Waals surface area contributed by atoms with Gasteiger partial charge in [0.15, 0.2) is 0 Å². The first-order valence-corrected chi connectivity index (χ1v) is 12.3. The molecule has 0 amide bonds. The van der Waals surface area contributed by atoms with Gasteiger partial charge in [0.2, 0.25) is 0 Å². The topological polar surface area (TPSA) is 54.4 Å². The van der Waals surface area contributed by atoms with E-state index in [4.69, 9.17) is 13.0 Å². The van der Waals surface area contributed by atoms with Gasteiger partial charge in [0.25, 0.3) is 0 Å². The van der Waals surface area contributed by atoms with E-state index in [0.29, 0.717) is 0 Å². The Kier molecular flexibility index (Phi) is 9.48. The summed E-state index contributed by atoms with van der Waals surface area (Å²) < 4.78 is 62.0. The van der Waals surface area contributed by atoms with Crippen LogP contribution in [0.5, 0.6) is 0 Å². The van der Waals surface area contributed by atoms with Crippen molar-refractivity contribution < 1.29 is 26.1 Å². The van der Waals surface area contributed by atoms with E-state index in [0.717, 1.165) is 0 Å². The van der Waals surface area contributed by atoms with E-state index in [9.17, 15) is 13.2 Å². The summed E-state index contributed by atoms with van der Waals surface area (Å²) in [7, 11) is -5.84. The van der Waals surface area contributed by atoms with Crippen molar-refractivity contribution in [3.05, 3.63) is 102 Å². The van der Waals surface area contributed by atoms with Crippen molar-refractivity contribution in [1.82, 2.24) is 0 Å². The number of hydrogen-bond acceptors (Lipinski definition) is 2. The van der Waals surface area contributed by atoms with E-state index < -0.39 is 35.4 Å². The van der Waals surface area contributed by atoms with Crippen molar-refractivity contribution >= 4 is 43.4 Å². The predicted octanol–water partition coefficient (Wildman–Crippen LogP) is 5.61. The molecular weight excluding hydrogens is 524 g/mol. The summed E-state index contributed by atoms with van der Waals surface area (Å²) in [6.45, 7) is 0. The molecule has 28 heavy (non-hydrogen) atoms. The Bertz CT molecular complexity index is 843. The summed E-state index contributed by atoms with van der Waals surface area (Å²) in [5, 5.41) is 0. The van der Waals surface area contributed by atoms with Crippen molar-refractivity contribution in [2.75, 3.05) is 0 Å². The molecule has 3 nitrogen and oxygen atoms in total. The molecule has 152 valence electrons. The maximum atomic E-state index is 10.7. The minimum atomic E-state index is -5.84. The van der Waals surface area contributed by atoms with Crippen LogP contribution < -0.4 is 0 Å². The summed E-state index contributed by atoms with van der Waals surface area (Å²) >= 11 is -1.52. The van der Waals surface area contributed by atoms with Crippen LogP contribution >= 0.6 is 33.3 Å². The molecule has 0 heterocycles. The van der Waals surface area contributed by atoms with E-state index in [1.807, 2.05) is 0 Å². The third kappa shape index (κ3) is 7.12. The van der Waals surface area contributed by atoms with Gasteiger partial charge in [-0.2, -0.15) is 35.1 Å². The molecule has 1 N–H and O–H groups in total. The Balaban J connectivity index is 0.000000376. The van der Waals surface area contributed by atoms with Gasteiger partial charge in [-0.3, -0.25) is 4.55 Å². The zero-order chi connectivity index (χ0) is 19.9. The molecule has 0 aliphatic carbocycles. The van der Waals surface area contributed by atoms with Crippen LogP contribution in [-0.2, 0) is 10.1 Å². The molecule has 0 bridgehead atoms. The summed E-state index contributed by atoms with van der Waals surface area (Å²) in [6.07, 6.45) is 0. The van der Waals surface area contributed by atoms with Gasteiger partial charge in [0, 0.05) is 0 Å². The van der Waals surface area contributed by atoms with Gasteiger partial charge in [-0.15, -0.1) is 0 Å². The van der Waals surface area contributed by atoms with Gasteiger partial charge >= 0.3 is 137 Å². The van der Waals surface area contributed by atoms with Gasteiger partial charge < -0.3 is 0 Å². The van der Waals surface area contributed by atoms with Crippen molar-refractivity contribution in [2.45, 2.75) is 5.51 Å². The Hall–Kier alpha value is -1.56. The van der Waals surface area contributed by atoms with E-state index in [2.05, 4.69) is 91.0 Å². The number of halogens is 4. The fraction of sp³-hybridized carbons (Fsp3) is 0.0526. The SMILES string of the molecule is O=S(=O)(O)C(F)(F)F.S.c1ccc(I(c2ccccc2)c2ccccc2)cc1. The first-order chi connectivity index (χ1) is 12.7. The summed E-state index contributed by atoms with van der Waals surface area (Å²) in [4.78, 5) is 0. The molecule has 3 aromatic carbocycles. The summed E-state index contributed by atoms with van der Waals surface area (Å²) in [5.41, 5.74) is -5.53. The average Bonchev–Trinajstić information content (AvgIpc) is 2.64. The molecule has 9 heteroatoms. The second kappa shape index (κ2) is 10.8. The third-order valence-corrected chi connectivity index (χ3v) is 9.63. The molecule has 0 unspecified atom stereocenters. The zero-order valence-corrected chi connectivity index (χ0v) is 18.3. The van der Waals surface area contributed by atoms with E-state index in [-0.39, 0.29) is 13.5 Å². The molecule has 0 atom stereocenters. The molecular formula is C19H18F3IO3S2. The van der Waals surface area contributed by atoms with E-state index in [1.165, 1.54) is 10.7 Å². The first-order valence-electron chi connectivity index (χ1n) is 7.59. The number of alkyl halides is 3. The van der Waals surface area contributed by atoms with Crippen LogP contribution in [0.15, 0.2) is 91.0 Å². The molecule has 0 spiro atoms. The van der Waals surface area contributed by atoms with Crippen LogP contribution in [0.4, 0.5) is 13.2 Å².